The maximum Gasteiger partial charge on any atom is 0.146 e. The molecule has 0 unspecified atom stereocenters. The van der Waals surface area contributed by atoms with Crippen molar-refractivity contribution < 1.29 is 9.50 Å². The van der Waals surface area contributed by atoms with E-state index in [1.165, 1.54) is 6.07 Å². The predicted octanol–water partition coefficient (Wildman–Crippen LogP) is 3.44. The molecule has 1 aliphatic rings. The second kappa shape index (κ2) is 5.69. The Labute approximate surface area is 106 Å². The Morgan fingerprint density at radius 1 is 1.29 bits per heavy atom. The summed E-state index contributed by atoms with van der Waals surface area (Å²) in [5.41, 5.74) is 0.462. The van der Waals surface area contributed by atoms with Crippen molar-refractivity contribution in [2.45, 2.75) is 31.8 Å². The van der Waals surface area contributed by atoms with Gasteiger partial charge in [0.05, 0.1) is 11.8 Å². The summed E-state index contributed by atoms with van der Waals surface area (Å²) in [5.74, 6) is 0.238. The van der Waals surface area contributed by atoms with Gasteiger partial charge < -0.3 is 10.4 Å². The number of aliphatic hydroxyl groups excluding tert-OH is 1. The molecule has 1 saturated carbocycles. The van der Waals surface area contributed by atoms with E-state index < -0.39 is 0 Å². The summed E-state index contributed by atoms with van der Waals surface area (Å²) in [6.07, 6.45) is 3.55. The second-order valence-corrected chi connectivity index (χ2v) is 5.12. The van der Waals surface area contributed by atoms with E-state index in [1.807, 2.05) is 0 Å². The molecule has 2 nitrogen and oxygen atoms in total. The van der Waals surface area contributed by atoms with E-state index in [0.29, 0.717) is 16.6 Å². The molecule has 0 amide bonds. The van der Waals surface area contributed by atoms with Gasteiger partial charge in [-0.2, -0.15) is 0 Å². The van der Waals surface area contributed by atoms with Crippen molar-refractivity contribution in [2.24, 2.45) is 5.92 Å². The van der Waals surface area contributed by atoms with Crippen LogP contribution in [0.25, 0.3) is 0 Å². The number of halogens is 2. The topological polar surface area (TPSA) is 32.3 Å². The average molecular weight is 258 g/mol. The molecule has 0 aliphatic heterocycles. The normalized spacial score (nSPS) is 24.6. The lowest BCUT2D eigenvalue weighted by molar-refractivity contribution is 0.111. The van der Waals surface area contributed by atoms with Gasteiger partial charge >= 0.3 is 0 Å². The Bertz CT molecular complexity index is 378. The number of anilines is 1. The quantitative estimate of drug-likeness (QED) is 0.869. The highest BCUT2D eigenvalue weighted by Crippen LogP contribution is 2.25. The Kier molecular flexibility index (Phi) is 4.24. The molecule has 1 aliphatic carbocycles. The highest BCUT2D eigenvalue weighted by atomic mass is 35.5. The Morgan fingerprint density at radius 2 is 2.00 bits per heavy atom. The molecule has 0 heterocycles. The van der Waals surface area contributed by atoms with Crippen LogP contribution in [-0.4, -0.2) is 17.8 Å². The van der Waals surface area contributed by atoms with Gasteiger partial charge in [-0.05, 0) is 49.8 Å². The second-order valence-electron chi connectivity index (χ2n) is 4.68. The van der Waals surface area contributed by atoms with Crippen LogP contribution < -0.4 is 5.32 Å². The zero-order chi connectivity index (χ0) is 12.3. The molecule has 2 N–H and O–H groups in total. The molecular formula is C13H17ClFNO. The maximum atomic E-state index is 13.4. The van der Waals surface area contributed by atoms with Crippen molar-refractivity contribution in [3.63, 3.8) is 0 Å². The van der Waals surface area contributed by atoms with Crippen molar-refractivity contribution in [1.29, 1.82) is 0 Å². The fraction of sp³-hybridized carbons (Fsp3) is 0.538. The van der Waals surface area contributed by atoms with Gasteiger partial charge in [-0.3, -0.25) is 0 Å². The average Bonchev–Trinajstić information content (AvgIpc) is 2.32. The van der Waals surface area contributed by atoms with Crippen molar-refractivity contribution in [2.75, 3.05) is 11.9 Å². The lowest BCUT2D eigenvalue weighted by atomic mass is 9.87. The highest BCUT2D eigenvalue weighted by Gasteiger charge is 2.19. The summed E-state index contributed by atoms with van der Waals surface area (Å²) in [7, 11) is 0. The zero-order valence-corrected chi connectivity index (χ0v) is 10.4. The molecule has 0 bridgehead atoms. The predicted molar refractivity (Wildman–Crippen MR) is 67.9 cm³/mol. The summed E-state index contributed by atoms with van der Waals surface area (Å²) < 4.78 is 13.4. The Morgan fingerprint density at radius 3 is 2.71 bits per heavy atom. The lowest BCUT2D eigenvalue weighted by Crippen LogP contribution is -2.23. The smallest absolute Gasteiger partial charge is 0.146 e. The third-order valence-corrected chi connectivity index (χ3v) is 3.56. The van der Waals surface area contributed by atoms with Gasteiger partial charge in [0.2, 0.25) is 0 Å². The highest BCUT2D eigenvalue weighted by molar-refractivity contribution is 6.30. The molecule has 0 saturated heterocycles. The van der Waals surface area contributed by atoms with Gasteiger partial charge in [0.1, 0.15) is 5.82 Å². The van der Waals surface area contributed by atoms with E-state index in [9.17, 15) is 9.50 Å². The molecule has 0 aromatic heterocycles. The molecule has 94 valence electrons. The van der Waals surface area contributed by atoms with Crippen molar-refractivity contribution in [1.82, 2.24) is 0 Å². The van der Waals surface area contributed by atoms with Gasteiger partial charge in [0.15, 0.2) is 0 Å². The molecule has 1 fully saturated rings. The molecule has 4 heteroatoms. The van der Waals surface area contributed by atoms with Crippen LogP contribution in [0.1, 0.15) is 25.7 Å². The summed E-state index contributed by atoms with van der Waals surface area (Å²) in [4.78, 5) is 0. The largest absolute Gasteiger partial charge is 0.393 e. The third kappa shape index (κ3) is 3.58. The minimum absolute atomic E-state index is 0.144. The first-order valence-corrected chi connectivity index (χ1v) is 6.40. The SMILES string of the molecule is OC1CCC(CNc2cc(Cl)ccc2F)CC1. The first-order chi connectivity index (χ1) is 8.15. The Balaban J connectivity index is 1.87. The van der Waals surface area contributed by atoms with Crippen LogP contribution >= 0.6 is 11.6 Å². The first kappa shape index (κ1) is 12.7. The summed E-state index contributed by atoms with van der Waals surface area (Å²) in [6, 6.07) is 4.52. The number of hydrogen-bond donors (Lipinski definition) is 2. The van der Waals surface area contributed by atoms with Gasteiger partial charge in [0.25, 0.3) is 0 Å². The molecule has 17 heavy (non-hydrogen) atoms. The van der Waals surface area contributed by atoms with Crippen LogP contribution in [0.3, 0.4) is 0 Å². The number of nitrogens with one attached hydrogen (secondary N) is 1. The molecular weight excluding hydrogens is 241 g/mol. The van der Waals surface area contributed by atoms with Crippen molar-refractivity contribution in [3.05, 3.63) is 29.0 Å². The fourth-order valence-electron chi connectivity index (χ4n) is 2.24. The zero-order valence-electron chi connectivity index (χ0n) is 9.63. The van der Waals surface area contributed by atoms with E-state index >= 15 is 0 Å². The summed E-state index contributed by atoms with van der Waals surface area (Å²) >= 11 is 5.82. The van der Waals surface area contributed by atoms with E-state index in [-0.39, 0.29) is 11.9 Å². The monoisotopic (exact) mass is 257 g/mol. The fourth-order valence-corrected chi connectivity index (χ4v) is 2.41. The number of rotatable bonds is 3. The van der Waals surface area contributed by atoms with Gasteiger partial charge in [-0.15, -0.1) is 0 Å². The van der Waals surface area contributed by atoms with Crippen LogP contribution in [-0.2, 0) is 0 Å². The lowest BCUT2D eigenvalue weighted by Gasteiger charge is -2.25. The van der Waals surface area contributed by atoms with Crippen LogP contribution in [0, 0.1) is 11.7 Å². The number of benzene rings is 1. The molecule has 1 aromatic rings. The molecule has 0 radical (unpaired) electrons. The van der Waals surface area contributed by atoms with E-state index in [0.717, 1.165) is 32.2 Å². The van der Waals surface area contributed by atoms with Crippen LogP contribution in [0.15, 0.2) is 18.2 Å². The Hall–Kier alpha value is -0.800. The van der Waals surface area contributed by atoms with Gasteiger partial charge in [-0.25, -0.2) is 4.39 Å². The van der Waals surface area contributed by atoms with Gasteiger partial charge in [0, 0.05) is 11.6 Å². The summed E-state index contributed by atoms with van der Waals surface area (Å²) in [5, 5.41) is 13.0. The number of aliphatic hydroxyl groups is 1. The molecule has 0 spiro atoms. The standard InChI is InChI=1S/C13H17ClFNO/c14-10-3-6-12(15)13(7-10)16-8-9-1-4-11(17)5-2-9/h3,6-7,9,11,16-17H,1-2,4-5,8H2. The van der Waals surface area contributed by atoms with Crippen molar-refractivity contribution in [3.8, 4) is 0 Å². The van der Waals surface area contributed by atoms with E-state index in [1.54, 1.807) is 12.1 Å². The summed E-state index contributed by atoms with van der Waals surface area (Å²) in [6.45, 7) is 0.740. The van der Waals surface area contributed by atoms with Crippen LogP contribution in [0.5, 0.6) is 0 Å². The number of hydrogen-bond acceptors (Lipinski definition) is 2. The molecule has 0 atom stereocenters. The maximum absolute atomic E-state index is 13.4. The van der Waals surface area contributed by atoms with Crippen molar-refractivity contribution >= 4 is 17.3 Å². The van der Waals surface area contributed by atoms with Gasteiger partial charge in [-0.1, -0.05) is 11.6 Å². The molecule has 2 rings (SSSR count). The van der Waals surface area contributed by atoms with Crippen LogP contribution in [0.2, 0.25) is 5.02 Å². The third-order valence-electron chi connectivity index (χ3n) is 3.33. The van der Waals surface area contributed by atoms with E-state index in [4.69, 9.17) is 11.6 Å². The first-order valence-electron chi connectivity index (χ1n) is 6.02. The molecule has 1 aromatic carbocycles. The minimum Gasteiger partial charge on any atom is -0.393 e. The van der Waals surface area contributed by atoms with E-state index in [2.05, 4.69) is 5.32 Å². The minimum atomic E-state index is -0.273. The van der Waals surface area contributed by atoms with Crippen LogP contribution in [0.4, 0.5) is 10.1 Å².